The van der Waals surface area contributed by atoms with Gasteiger partial charge in [-0.1, -0.05) is 48.5 Å². The van der Waals surface area contributed by atoms with Crippen molar-refractivity contribution in [3.8, 4) is 10.4 Å². The highest BCUT2D eigenvalue weighted by atomic mass is 32.1. The van der Waals surface area contributed by atoms with Crippen molar-refractivity contribution in [2.75, 3.05) is 0 Å². The highest BCUT2D eigenvalue weighted by molar-refractivity contribution is 7.20. The number of nitrogens with one attached hydrogen (secondary N) is 1. The van der Waals surface area contributed by atoms with Crippen molar-refractivity contribution in [1.82, 2.24) is 9.97 Å². The molecule has 3 nitrogen and oxygen atoms in total. The van der Waals surface area contributed by atoms with E-state index in [0.29, 0.717) is 17.6 Å². The number of aryl methyl sites for hydroxylation is 1. The van der Waals surface area contributed by atoms with Crippen LogP contribution in [0.25, 0.3) is 31.4 Å². The standard InChI is InChI=1S/C22H16N2OS2/c1-13-19(17-10-5-11-26-17)20-21(25)23-18(24-22(20)27-13)12-15-8-4-7-14-6-2-3-9-16(14)15/h2-11H,12H2,1H3,(H,23,24,25). The van der Waals surface area contributed by atoms with Crippen LogP contribution in [0.4, 0.5) is 0 Å². The summed E-state index contributed by atoms with van der Waals surface area (Å²) in [6, 6.07) is 18.6. The average molecular weight is 389 g/mol. The summed E-state index contributed by atoms with van der Waals surface area (Å²) in [6.07, 6.45) is 0.609. The quantitative estimate of drug-likeness (QED) is 0.427. The van der Waals surface area contributed by atoms with Crippen molar-refractivity contribution in [3.05, 3.63) is 86.6 Å². The Morgan fingerprint density at radius 2 is 1.89 bits per heavy atom. The van der Waals surface area contributed by atoms with Crippen LogP contribution >= 0.6 is 22.7 Å². The number of rotatable bonds is 3. The summed E-state index contributed by atoms with van der Waals surface area (Å²) in [4.78, 5) is 23.8. The Balaban J connectivity index is 1.64. The van der Waals surface area contributed by atoms with E-state index >= 15 is 0 Å². The molecule has 0 saturated carbocycles. The van der Waals surface area contributed by atoms with Crippen LogP contribution in [0.15, 0.2) is 64.8 Å². The number of hydrogen-bond donors (Lipinski definition) is 1. The molecule has 0 spiro atoms. The first kappa shape index (κ1) is 16.4. The van der Waals surface area contributed by atoms with Gasteiger partial charge in [0.15, 0.2) is 0 Å². The number of fused-ring (bicyclic) bond motifs is 2. The molecule has 5 rings (SSSR count). The molecule has 0 saturated heterocycles. The number of thiophene rings is 2. The SMILES string of the molecule is Cc1sc2nc(Cc3cccc4ccccc34)[nH]c(=O)c2c1-c1cccs1. The van der Waals surface area contributed by atoms with Crippen molar-refractivity contribution < 1.29 is 0 Å². The smallest absolute Gasteiger partial charge is 0.260 e. The maximum atomic E-state index is 12.9. The number of nitrogens with zero attached hydrogens (tertiary/aromatic N) is 1. The number of H-pyrrole nitrogens is 1. The van der Waals surface area contributed by atoms with Gasteiger partial charge in [-0.15, -0.1) is 22.7 Å². The zero-order chi connectivity index (χ0) is 18.4. The molecule has 132 valence electrons. The second-order valence-electron chi connectivity index (χ2n) is 6.52. The van der Waals surface area contributed by atoms with E-state index in [4.69, 9.17) is 4.98 Å². The van der Waals surface area contributed by atoms with E-state index in [-0.39, 0.29) is 5.56 Å². The summed E-state index contributed by atoms with van der Waals surface area (Å²) in [5, 5.41) is 5.14. The summed E-state index contributed by atoms with van der Waals surface area (Å²) in [7, 11) is 0. The molecule has 0 atom stereocenters. The summed E-state index contributed by atoms with van der Waals surface area (Å²) >= 11 is 3.25. The highest BCUT2D eigenvalue weighted by Crippen LogP contribution is 2.37. The lowest BCUT2D eigenvalue weighted by atomic mass is 10.0. The molecule has 0 aliphatic rings. The van der Waals surface area contributed by atoms with Crippen molar-refractivity contribution >= 4 is 43.7 Å². The lowest BCUT2D eigenvalue weighted by Crippen LogP contribution is -2.11. The third-order valence-electron chi connectivity index (χ3n) is 4.79. The van der Waals surface area contributed by atoms with E-state index in [0.717, 1.165) is 20.1 Å². The number of aromatic nitrogens is 2. The van der Waals surface area contributed by atoms with Crippen molar-refractivity contribution in [3.63, 3.8) is 0 Å². The fourth-order valence-electron chi connectivity index (χ4n) is 3.59. The molecule has 27 heavy (non-hydrogen) atoms. The third-order valence-corrected chi connectivity index (χ3v) is 6.68. The van der Waals surface area contributed by atoms with Crippen LogP contribution in [0.2, 0.25) is 0 Å². The molecular weight excluding hydrogens is 372 g/mol. The summed E-state index contributed by atoms with van der Waals surface area (Å²) < 4.78 is 0. The van der Waals surface area contributed by atoms with Crippen molar-refractivity contribution in [1.29, 1.82) is 0 Å². The number of benzene rings is 2. The topological polar surface area (TPSA) is 45.8 Å². The van der Waals surface area contributed by atoms with Crippen LogP contribution in [0.5, 0.6) is 0 Å². The van der Waals surface area contributed by atoms with E-state index in [9.17, 15) is 4.79 Å². The van der Waals surface area contributed by atoms with Gasteiger partial charge >= 0.3 is 0 Å². The molecule has 0 radical (unpaired) electrons. The van der Waals surface area contributed by atoms with Crippen LogP contribution < -0.4 is 5.56 Å². The molecule has 3 heterocycles. The Kier molecular flexibility index (Phi) is 3.92. The monoisotopic (exact) mass is 388 g/mol. The fourth-order valence-corrected chi connectivity index (χ4v) is 5.55. The molecule has 0 unspecified atom stereocenters. The zero-order valence-electron chi connectivity index (χ0n) is 14.7. The largest absolute Gasteiger partial charge is 0.310 e. The first-order chi connectivity index (χ1) is 13.2. The Morgan fingerprint density at radius 1 is 1.04 bits per heavy atom. The van der Waals surface area contributed by atoms with Gasteiger partial charge in [-0.3, -0.25) is 4.79 Å². The van der Waals surface area contributed by atoms with E-state index in [1.165, 1.54) is 16.3 Å². The van der Waals surface area contributed by atoms with Gasteiger partial charge in [-0.2, -0.15) is 0 Å². The van der Waals surface area contributed by atoms with Crippen LogP contribution in [-0.2, 0) is 6.42 Å². The van der Waals surface area contributed by atoms with Gasteiger partial charge < -0.3 is 4.98 Å². The van der Waals surface area contributed by atoms with Crippen LogP contribution in [-0.4, -0.2) is 9.97 Å². The molecule has 0 aliphatic carbocycles. The minimum atomic E-state index is -0.0528. The maximum Gasteiger partial charge on any atom is 0.260 e. The van der Waals surface area contributed by atoms with E-state index < -0.39 is 0 Å². The molecule has 5 heteroatoms. The zero-order valence-corrected chi connectivity index (χ0v) is 16.3. The van der Waals surface area contributed by atoms with E-state index in [1.54, 1.807) is 22.7 Å². The average Bonchev–Trinajstić information content (AvgIpc) is 3.29. The Morgan fingerprint density at radius 3 is 2.74 bits per heavy atom. The van der Waals surface area contributed by atoms with Gasteiger partial charge in [0.2, 0.25) is 0 Å². The molecule has 0 amide bonds. The third kappa shape index (κ3) is 2.80. The molecule has 0 aliphatic heterocycles. The van der Waals surface area contributed by atoms with Crippen LogP contribution in [0.1, 0.15) is 16.3 Å². The maximum absolute atomic E-state index is 12.9. The van der Waals surface area contributed by atoms with Gasteiger partial charge in [0.05, 0.1) is 5.39 Å². The normalized spacial score (nSPS) is 11.4. The first-order valence-corrected chi connectivity index (χ1v) is 10.4. The van der Waals surface area contributed by atoms with Gasteiger partial charge in [0.25, 0.3) is 5.56 Å². The highest BCUT2D eigenvalue weighted by Gasteiger charge is 2.17. The minimum Gasteiger partial charge on any atom is -0.310 e. The Bertz CT molecular complexity index is 1320. The minimum absolute atomic E-state index is 0.0528. The van der Waals surface area contributed by atoms with Crippen LogP contribution in [0.3, 0.4) is 0 Å². The molecule has 1 N–H and O–H groups in total. The Hall–Kier alpha value is -2.76. The van der Waals surface area contributed by atoms with Crippen molar-refractivity contribution in [2.45, 2.75) is 13.3 Å². The van der Waals surface area contributed by atoms with Crippen LogP contribution in [0, 0.1) is 6.92 Å². The van der Waals surface area contributed by atoms with E-state index in [1.807, 2.05) is 23.6 Å². The summed E-state index contributed by atoms with van der Waals surface area (Å²) in [5.74, 6) is 0.711. The van der Waals surface area contributed by atoms with Gasteiger partial charge in [-0.25, -0.2) is 4.98 Å². The van der Waals surface area contributed by atoms with Gasteiger partial charge in [-0.05, 0) is 34.7 Å². The molecule has 0 fully saturated rings. The Labute approximate surface area is 164 Å². The fraction of sp³-hybridized carbons (Fsp3) is 0.0909. The predicted molar refractivity (Wildman–Crippen MR) is 115 cm³/mol. The van der Waals surface area contributed by atoms with E-state index in [2.05, 4.69) is 48.3 Å². The molecule has 5 aromatic rings. The van der Waals surface area contributed by atoms with Crippen molar-refractivity contribution in [2.24, 2.45) is 0 Å². The van der Waals surface area contributed by atoms with Gasteiger partial charge in [0, 0.05) is 21.7 Å². The summed E-state index contributed by atoms with van der Waals surface area (Å²) in [6.45, 7) is 2.06. The molecule has 0 bridgehead atoms. The second-order valence-corrected chi connectivity index (χ2v) is 8.67. The predicted octanol–water partition coefficient (Wildman–Crippen LogP) is 5.77. The number of aromatic amines is 1. The second kappa shape index (κ2) is 6.44. The number of hydrogen-bond acceptors (Lipinski definition) is 4. The first-order valence-electron chi connectivity index (χ1n) is 8.73. The molecule has 3 aromatic heterocycles. The van der Waals surface area contributed by atoms with Gasteiger partial charge in [0.1, 0.15) is 10.7 Å². The molecular formula is C22H16N2OS2. The summed E-state index contributed by atoms with van der Waals surface area (Å²) in [5.41, 5.74) is 2.14. The lowest BCUT2D eigenvalue weighted by Gasteiger charge is -2.06. The lowest BCUT2D eigenvalue weighted by molar-refractivity contribution is 0.983. The molecule has 2 aromatic carbocycles.